The minimum absolute atomic E-state index is 0.536. The van der Waals surface area contributed by atoms with Crippen molar-refractivity contribution in [2.24, 2.45) is 5.92 Å². The molecule has 0 amide bonds. The molecule has 4 heteroatoms. The normalized spacial score (nSPS) is 18.8. The van der Waals surface area contributed by atoms with Crippen LogP contribution in [0.3, 0.4) is 0 Å². The van der Waals surface area contributed by atoms with E-state index in [0.717, 1.165) is 38.3 Å². The van der Waals surface area contributed by atoms with E-state index in [0.29, 0.717) is 11.8 Å². The van der Waals surface area contributed by atoms with Crippen molar-refractivity contribution >= 4 is 18.0 Å². The fourth-order valence-corrected chi connectivity index (χ4v) is 4.10. The Balaban J connectivity index is 1.50. The first kappa shape index (κ1) is 18.8. The Morgan fingerprint density at radius 2 is 1.93 bits per heavy atom. The lowest BCUT2D eigenvalue weighted by atomic mass is 10.0. The van der Waals surface area contributed by atoms with Crippen LogP contribution in [0.1, 0.15) is 30.9 Å². The van der Waals surface area contributed by atoms with E-state index in [1.54, 1.807) is 0 Å². The number of hydrogen-bond donors (Lipinski definition) is 2. The van der Waals surface area contributed by atoms with Crippen molar-refractivity contribution in [3.8, 4) is 0 Å². The number of piperazine rings is 1. The smallest absolute Gasteiger partial charge is 0.128 e. The number of nitrogens with zero attached hydrogens (tertiary/aromatic N) is 2. The van der Waals surface area contributed by atoms with Crippen LogP contribution in [0.2, 0.25) is 0 Å². The Bertz CT molecular complexity index is 959. The molecule has 0 radical (unpaired) electrons. The molecule has 1 unspecified atom stereocenters. The van der Waals surface area contributed by atoms with Crippen LogP contribution in [0.5, 0.6) is 0 Å². The van der Waals surface area contributed by atoms with Crippen LogP contribution in [0, 0.1) is 11.3 Å². The van der Waals surface area contributed by atoms with Gasteiger partial charge in [0.1, 0.15) is 5.84 Å². The van der Waals surface area contributed by atoms with Crippen LogP contribution in [0.25, 0.3) is 12.2 Å². The van der Waals surface area contributed by atoms with Crippen molar-refractivity contribution in [1.82, 2.24) is 14.8 Å². The van der Waals surface area contributed by atoms with Gasteiger partial charge in [0.15, 0.2) is 0 Å². The van der Waals surface area contributed by atoms with Crippen LogP contribution < -0.4 is 15.9 Å². The third-order valence-corrected chi connectivity index (χ3v) is 5.68. The predicted octanol–water partition coefficient (Wildman–Crippen LogP) is 2.31. The highest BCUT2D eigenvalue weighted by atomic mass is 15.2. The number of nitrogens with one attached hydrogen (secondary N) is 2. The molecule has 1 aromatic heterocycles. The van der Waals surface area contributed by atoms with Crippen LogP contribution in [0.15, 0.2) is 48.7 Å². The maximum Gasteiger partial charge on any atom is 0.128 e. The number of benzene rings is 1. The summed E-state index contributed by atoms with van der Waals surface area (Å²) in [6.07, 6.45) is 13.7. The lowest BCUT2D eigenvalue weighted by Crippen LogP contribution is -2.46. The highest BCUT2D eigenvalue weighted by molar-refractivity contribution is 5.96. The third kappa shape index (κ3) is 4.12. The molecule has 0 bridgehead atoms. The van der Waals surface area contributed by atoms with E-state index >= 15 is 0 Å². The number of hydrogen-bond acceptors (Lipinski definition) is 2. The second kappa shape index (κ2) is 8.61. The summed E-state index contributed by atoms with van der Waals surface area (Å²) in [7, 11) is 0. The molecule has 1 saturated heterocycles. The molecule has 4 nitrogen and oxygen atoms in total. The van der Waals surface area contributed by atoms with Gasteiger partial charge < -0.3 is 14.8 Å². The van der Waals surface area contributed by atoms with Gasteiger partial charge in [-0.05, 0) is 35.3 Å². The standard InChI is InChI=1S/C24H30N4/c1-2-4-19-5-3-6-23-22(17-19)11-14-28(23)18-20-7-9-21(10-8-20)24(25)27-15-12-26-13-16-27/h3,5-11,14,17,19,25-26H,2,4,12-13,15-16,18H2,1H3. The molecule has 1 aliphatic heterocycles. The van der Waals surface area contributed by atoms with Gasteiger partial charge in [-0.25, -0.2) is 0 Å². The van der Waals surface area contributed by atoms with Gasteiger partial charge in [0.05, 0.1) is 0 Å². The zero-order valence-corrected chi connectivity index (χ0v) is 16.7. The molecule has 2 N–H and O–H groups in total. The van der Waals surface area contributed by atoms with Crippen LogP contribution in [-0.4, -0.2) is 41.5 Å². The fourth-order valence-electron chi connectivity index (χ4n) is 4.10. The Hall–Kier alpha value is -2.59. The van der Waals surface area contributed by atoms with Gasteiger partial charge in [0, 0.05) is 49.8 Å². The molecule has 4 rings (SSSR count). The molecule has 0 saturated carbocycles. The number of rotatable bonds is 5. The number of allylic oxidation sites excluding steroid dienone is 2. The van der Waals surface area contributed by atoms with Crippen molar-refractivity contribution in [2.45, 2.75) is 26.3 Å². The molecule has 2 aliphatic rings. The first-order valence-electron chi connectivity index (χ1n) is 10.4. The minimum atomic E-state index is 0.536. The molecule has 1 aliphatic carbocycles. The third-order valence-electron chi connectivity index (χ3n) is 5.68. The minimum Gasteiger partial charge on any atom is -0.354 e. The van der Waals surface area contributed by atoms with Gasteiger partial charge in [-0.15, -0.1) is 0 Å². The van der Waals surface area contributed by atoms with Gasteiger partial charge in [0.25, 0.3) is 0 Å². The van der Waals surface area contributed by atoms with Crippen LogP contribution >= 0.6 is 0 Å². The van der Waals surface area contributed by atoms with Gasteiger partial charge in [0.2, 0.25) is 0 Å². The van der Waals surface area contributed by atoms with E-state index in [4.69, 9.17) is 5.41 Å². The largest absolute Gasteiger partial charge is 0.354 e. The molecule has 28 heavy (non-hydrogen) atoms. The van der Waals surface area contributed by atoms with Crippen molar-refractivity contribution in [3.05, 3.63) is 70.4 Å². The Morgan fingerprint density at radius 3 is 2.68 bits per heavy atom. The van der Waals surface area contributed by atoms with Crippen molar-refractivity contribution < 1.29 is 0 Å². The average Bonchev–Trinajstić information content (AvgIpc) is 2.98. The van der Waals surface area contributed by atoms with Crippen LogP contribution in [0.4, 0.5) is 0 Å². The molecule has 0 spiro atoms. The number of fused-ring (bicyclic) bond motifs is 1. The van der Waals surface area contributed by atoms with Crippen LogP contribution in [-0.2, 0) is 6.54 Å². The molecule has 2 heterocycles. The predicted molar refractivity (Wildman–Crippen MR) is 117 cm³/mol. The van der Waals surface area contributed by atoms with E-state index in [1.165, 1.54) is 29.0 Å². The molecule has 1 atom stereocenters. The first-order valence-corrected chi connectivity index (χ1v) is 10.4. The Morgan fingerprint density at radius 1 is 1.14 bits per heavy atom. The summed E-state index contributed by atoms with van der Waals surface area (Å²) in [4.78, 5) is 2.15. The summed E-state index contributed by atoms with van der Waals surface area (Å²) in [5, 5.41) is 14.4. The first-order chi connectivity index (χ1) is 13.7. The summed E-state index contributed by atoms with van der Waals surface area (Å²) >= 11 is 0. The van der Waals surface area contributed by atoms with Gasteiger partial charge in [-0.2, -0.15) is 0 Å². The monoisotopic (exact) mass is 374 g/mol. The molecular weight excluding hydrogens is 344 g/mol. The van der Waals surface area contributed by atoms with Crippen molar-refractivity contribution in [3.63, 3.8) is 0 Å². The fraction of sp³-hybridized carbons (Fsp3) is 0.375. The second-order valence-corrected chi connectivity index (χ2v) is 7.74. The van der Waals surface area contributed by atoms with Gasteiger partial charge >= 0.3 is 0 Å². The Kier molecular flexibility index (Phi) is 5.77. The summed E-state index contributed by atoms with van der Waals surface area (Å²) in [6, 6.07) is 10.7. The summed E-state index contributed by atoms with van der Waals surface area (Å²) in [6.45, 7) is 6.84. The zero-order chi connectivity index (χ0) is 19.3. The maximum absolute atomic E-state index is 8.47. The van der Waals surface area contributed by atoms with Gasteiger partial charge in [-0.1, -0.05) is 55.8 Å². The molecule has 2 aromatic rings. The molecular formula is C24H30N4. The SMILES string of the molecule is CCCC1C=CC=c2c(ccn2Cc2ccc(C(=N)N3CCNCC3)cc2)=C1. The summed E-state index contributed by atoms with van der Waals surface area (Å²) in [5.41, 5.74) is 2.27. The lowest BCUT2D eigenvalue weighted by molar-refractivity contribution is 0.356. The van der Waals surface area contributed by atoms with Gasteiger partial charge in [-0.3, -0.25) is 5.41 Å². The summed E-state index contributed by atoms with van der Waals surface area (Å²) in [5.74, 6) is 1.17. The van der Waals surface area contributed by atoms with Crippen molar-refractivity contribution in [1.29, 1.82) is 5.41 Å². The van der Waals surface area contributed by atoms with E-state index in [9.17, 15) is 0 Å². The number of aromatic nitrogens is 1. The molecule has 146 valence electrons. The van der Waals surface area contributed by atoms with Crippen molar-refractivity contribution in [2.75, 3.05) is 26.2 Å². The molecule has 1 fully saturated rings. The highest BCUT2D eigenvalue weighted by Gasteiger charge is 2.14. The quantitative estimate of drug-likeness (QED) is 0.623. The highest BCUT2D eigenvalue weighted by Crippen LogP contribution is 2.12. The van der Waals surface area contributed by atoms with E-state index in [-0.39, 0.29) is 0 Å². The van der Waals surface area contributed by atoms with E-state index < -0.39 is 0 Å². The van der Waals surface area contributed by atoms with E-state index in [2.05, 4.69) is 82.5 Å². The zero-order valence-electron chi connectivity index (χ0n) is 16.7. The summed E-state index contributed by atoms with van der Waals surface area (Å²) < 4.78 is 2.32. The Labute approximate surface area is 167 Å². The molecule has 1 aromatic carbocycles. The lowest BCUT2D eigenvalue weighted by Gasteiger charge is -2.29. The number of amidine groups is 1. The average molecular weight is 375 g/mol. The topological polar surface area (TPSA) is 44.1 Å². The van der Waals surface area contributed by atoms with E-state index in [1.807, 2.05) is 0 Å². The second-order valence-electron chi connectivity index (χ2n) is 7.74. The maximum atomic E-state index is 8.47.